The summed E-state index contributed by atoms with van der Waals surface area (Å²) in [6.45, 7) is 0.220. The van der Waals surface area contributed by atoms with Gasteiger partial charge >= 0.3 is 0 Å². The van der Waals surface area contributed by atoms with Crippen LogP contribution in [0, 0.1) is 0 Å². The first-order valence-corrected chi connectivity index (χ1v) is 2.00. The predicted molar refractivity (Wildman–Crippen MR) is 21.9 cm³/mol. The molecule has 0 saturated carbocycles. The summed E-state index contributed by atoms with van der Waals surface area (Å²) < 4.78 is 0. The number of carbonyl (C=O) groups excluding carboxylic acids is 2. The summed E-state index contributed by atoms with van der Waals surface area (Å²) in [7, 11) is 0. The summed E-state index contributed by atoms with van der Waals surface area (Å²) in [5.41, 5.74) is 0. The number of carbonyl (C=O) groups is 2. The Morgan fingerprint density at radius 3 is 1.71 bits per heavy atom. The number of ketones is 2. The van der Waals surface area contributed by atoms with E-state index < -0.39 is 0 Å². The molecule has 0 unspecified atom stereocenters. The largest absolute Gasteiger partial charge is 0.289 e. The molecule has 3 nitrogen and oxygen atoms in total. The molecule has 0 aliphatic carbocycles. The highest BCUT2D eigenvalue weighted by atomic mass is 16.2. The summed E-state index contributed by atoms with van der Waals surface area (Å²) >= 11 is 0. The Morgan fingerprint density at radius 2 is 1.57 bits per heavy atom. The van der Waals surface area contributed by atoms with Gasteiger partial charge in [0.25, 0.3) is 0 Å². The van der Waals surface area contributed by atoms with E-state index in [1.165, 1.54) is 0 Å². The van der Waals surface area contributed by atoms with Crippen LogP contribution in [-0.4, -0.2) is 24.7 Å². The van der Waals surface area contributed by atoms with E-state index in [0.29, 0.717) is 0 Å². The maximum atomic E-state index is 10.1. The van der Waals surface area contributed by atoms with Crippen LogP contribution < -0.4 is 5.32 Å². The molecule has 3 heteroatoms. The summed E-state index contributed by atoms with van der Waals surface area (Å²) in [6, 6.07) is 0. The van der Waals surface area contributed by atoms with E-state index in [1.807, 2.05) is 0 Å². The predicted octanol–water partition coefficient (Wildman–Crippen LogP) is -1.26. The van der Waals surface area contributed by atoms with Gasteiger partial charge in [0.2, 0.25) is 11.6 Å². The van der Waals surface area contributed by atoms with Crippen molar-refractivity contribution in [3.8, 4) is 0 Å². The molecule has 0 atom stereocenters. The fraction of sp³-hybridized carbons (Fsp3) is 0.500. The van der Waals surface area contributed by atoms with Gasteiger partial charge in [-0.2, -0.15) is 0 Å². The zero-order valence-corrected chi connectivity index (χ0v) is 3.68. The maximum Gasteiger partial charge on any atom is 0.215 e. The summed E-state index contributed by atoms with van der Waals surface area (Å²) in [5, 5.41) is 3.55. The van der Waals surface area contributed by atoms with Crippen molar-refractivity contribution in [3.63, 3.8) is 0 Å². The molecule has 1 aliphatic rings. The molecule has 0 bridgehead atoms. The van der Waals surface area contributed by atoms with Crippen LogP contribution in [0.2, 0.25) is 0 Å². The van der Waals surface area contributed by atoms with Crippen molar-refractivity contribution in [3.05, 3.63) is 0 Å². The van der Waals surface area contributed by atoms with E-state index in [0.717, 1.165) is 0 Å². The van der Waals surface area contributed by atoms with E-state index in [-0.39, 0.29) is 24.7 Å². The third kappa shape index (κ3) is 0.667. The minimum absolute atomic E-state index is 0.110. The summed E-state index contributed by atoms with van der Waals surface area (Å²) in [6.07, 6.45) is 0. The molecule has 1 rings (SSSR count). The minimum atomic E-state index is -0.347. The Kier molecular flexibility index (Phi) is 0.906. The molecule has 0 amide bonds. The Morgan fingerprint density at radius 1 is 1.14 bits per heavy atom. The highest BCUT2D eigenvalue weighted by Crippen LogP contribution is 1.83. The number of Topliss-reactive ketones (excluding diaryl/α,β-unsaturated/α-hetero) is 2. The van der Waals surface area contributed by atoms with Crippen LogP contribution in [0.1, 0.15) is 0 Å². The van der Waals surface area contributed by atoms with Crippen LogP contribution in [-0.2, 0) is 9.59 Å². The molecular formula is C4H4NO2. The highest BCUT2D eigenvalue weighted by molar-refractivity contribution is 6.40. The van der Waals surface area contributed by atoms with Crippen LogP contribution >= 0.6 is 0 Å². The van der Waals surface area contributed by atoms with Gasteiger partial charge in [0.05, 0.1) is 13.1 Å². The Balaban J connectivity index is 2.65. The van der Waals surface area contributed by atoms with Crippen LogP contribution in [0.4, 0.5) is 0 Å². The molecule has 7 heavy (non-hydrogen) atoms. The molecule has 1 fully saturated rings. The quantitative estimate of drug-likeness (QED) is 0.355. The van der Waals surface area contributed by atoms with E-state index in [9.17, 15) is 9.59 Å². The molecule has 1 saturated heterocycles. The van der Waals surface area contributed by atoms with Crippen LogP contribution in [0.3, 0.4) is 0 Å². The number of nitrogens with zero attached hydrogens (tertiary/aromatic N) is 1. The zero-order chi connectivity index (χ0) is 5.28. The lowest BCUT2D eigenvalue weighted by molar-refractivity contribution is -0.132. The third-order valence-corrected chi connectivity index (χ3v) is 0.822. The van der Waals surface area contributed by atoms with E-state index in [1.54, 1.807) is 0 Å². The van der Waals surface area contributed by atoms with Gasteiger partial charge in [0.15, 0.2) is 0 Å². The fourth-order valence-electron chi connectivity index (χ4n) is 0.435. The lowest BCUT2D eigenvalue weighted by Gasteiger charge is -1.70. The van der Waals surface area contributed by atoms with Gasteiger partial charge in [-0.25, -0.2) is 5.32 Å². The normalized spacial score (nSPS) is 21.1. The number of hydrogen-bond acceptors (Lipinski definition) is 2. The zero-order valence-electron chi connectivity index (χ0n) is 3.68. The second-order valence-electron chi connectivity index (χ2n) is 1.39. The molecule has 0 aromatic heterocycles. The van der Waals surface area contributed by atoms with Gasteiger partial charge in [0.1, 0.15) is 0 Å². The fourth-order valence-corrected chi connectivity index (χ4v) is 0.435. The molecule has 0 spiro atoms. The van der Waals surface area contributed by atoms with Gasteiger partial charge in [0, 0.05) is 0 Å². The molecular weight excluding hydrogens is 94.0 g/mol. The first kappa shape index (κ1) is 4.46. The monoisotopic (exact) mass is 98.0 g/mol. The molecule has 0 N–H and O–H groups in total. The standard InChI is InChI=1S/C4H4NO2/c6-3-1-5-2-4(3)7/h1-2H2. The van der Waals surface area contributed by atoms with Crippen molar-refractivity contribution in [2.75, 3.05) is 13.1 Å². The molecule has 0 aromatic carbocycles. The Labute approximate surface area is 40.7 Å². The second-order valence-corrected chi connectivity index (χ2v) is 1.39. The van der Waals surface area contributed by atoms with Crippen LogP contribution in [0.5, 0.6) is 0 Å². The Bertz CT molecular complexity index is 105. The second kappa shape index (κ2) is 1.42. The molecule has 37 valence electrons. The van der Waals surface area contributed by atoms with Gasteiger partial charge in [-0.15, -0.1) is 0 Å². The van der Waals surface area contributed by atoms with Gasteiger partial charge < -0.3 is 0 Å². The van der Waals surface area contributed by atoms with Crippen molar-refractivity contribution in [2.24, 2.45) is 0 Å². The van der Waals surface area contributed by atoms with Crippen LogP contribution in [0.15, 0.2) is 0 Å². The lowest BCUT2D eigenvalue weighted by atomic mass is 10.3. The molecule has 0 aromatic rings. The lowest BCUT2D eigenvalue weighted by Crippen LogP contribution is -2.07. The molecule has 1 aliphatic heterocycles. The van der Waals surface area contributed by atoms with Gasteiger partial charge in [-0.1, -0.05) is 0 Å². The first-order valence-electron chi connectivity index (χ1n) is 2.00. The number of rotatable bonds is 0. The smallest absolute Gasteiger partial charge is 0.215 e. The average molecular weight is 98.1 g/mol. The SMILES string of the molecule is O=C1C[N]CC1=O. The minimum Gasteiger partial charge on any atom is -0.289 e. The van der Waals surface area contributed by atoms with Crippen molar-refractivity contribution in [1.82, 2.24) is 5.32 Å². The molecule has 1 heterocycles. The van der Waals surface area contributed by atoms with E-state index >= 15 is 0 Å². The van der Waals surface area contributed by atoms with Crippen molar-refractivity contribution < 1.29 is 9.59 Å². The third-order valence-electron chi connectivity index (χ3n) is 0.822. The van der Waals surface area contributed by atoms with Gasteiger partial charge in [-0.05, 0) is 0 Å². The summed E-state index contributed by atoms with van der Waals surface area (Å²) in [4.78, 5) is 20.3. The van der Waals surface area contributed by atoms with Crippen molar-refractivity contribution >= 4 is 11.6 Å². The number of hydrogen-bond donors (Lipinski definition) is 0. The average Bonchev–Trinajstić information content (AvgIpc) is 1.91. The van der Waals surface area contributed by atoms with E-state index in [4.69, 9.17) is 0 Å². The first-order chi connectivity index (χ1) is 3.30. The van der Waals surface area contributed by atoms with Crippen molar-refractivity contribution in [2.45, 2.75) is 0 Å². The van der Waals surface area contributed by atoms with Gasteiger partial charge in [-0.3, -0.25) is 9.59 Å². The van der Waals surface area contributed by atoms with Crippen LogP contribution in [0.25, 0.3) is 0 Å². The topological polar surface area (TPSA) is 48.2 Å². The molecule has 1 radical (unpaired) electrons. The summed E-state index contributed by atoms with van der Waals surface area (Å²) in [5.74, 6) is -0.694. The highest BCUT2D eigenvalue weighted by Gasteiger charge is 2.20. The van der Waals surface area contributed by atoms with Crippen molar-refractivity contribution in [1.29, 1.82) is 0 Å². The Hall–Kier alpha value is -0.700. The maximum absolute atomic E-state index is 10.1. The van der Waals surface area contributed by atoms with E-state index in [2.05, 4.69) is 5.32 Å².